The van der Waals surface area contributed by atoms with Crippen molar-refractivity contribution in [2.24, 2.45) is 0 Å². The minimum atomic E-state index is -0.136. The molecule has 2 nitrogen and oxygen atoms in total. The Morgan fingerprint density at radius 2 is 1.80 bits per heavy atom. The highest BCUT2D eigenvalue weighted by atomic mass is 35.5. The van der Waals surface area contributed by atoms with Crippen LogP contribution in [-0.4, -0.2) is 5.91 Å². The van der Waals surface area contributed by atoms with Crippen molar-refractivity contribution in [3.63, 3.8) is 0 Å². The number of nitrogens with zero attached hydrogens (tertiary/aromatic N) is 1. The fraction of sp³-hybridized carbons (Fsp3) is 0.118. The molecular formula is C17H14ClNO. The van der Waals surface area contributed by atoms with Gasteiger partial charge in [-0.2, -0.15) is 0 Å². The first-order valence-corrected chi connectivity index (χ1v) is 6.91. The molecule has 0 radical (unpaired) electrons. The second-order valence-corrected chi connectivity index (χ2v) is 5.22. The van der Waals surface area contributed by atoms with E-state index in [-0.39, 0.29) is 5.91 Å². The maximum Gasteiger partial charge on any atom is 0.254 e. The van der Waals surface area contributed by atoms with Crippen molar-refractivity contribution < 1.29 is 4.79 Å². The van der Waals surface area contributed by atoms with Crippen LogP contribution in [0.2, 0.25) is 5.02 Å². The van der Waals surface area contributed by atoms with E-state index >= 15 is 0 Å². The Labute approximate surface area is 123 Å². The number of benzene rings is 2. The van der Waals surface area contributed by atoms with Crippen molar-refractivity contribution >= 4 is 28.9 Å². The zero-order valence-electron chi connectivity index (χ0n) is 11.0. The predicted octanol–water partition coefficient (Wildman–Crippen LogP) is 4.29. The van der Waals surface area contributed by atoms with E-state index in [2.05, 4.69) is 12.6 Å². The van der Waals surface area contributed by atoms with Crippen LogP contribution >= 0.6 is 11.6 Å². The van der Waals surface area contributed by atoms with Crippen LogP contribution in [0, 0.1) is 0 Å². The first kappa shape index (κ1) is 12.9. The van der Waals surface area contributed by atoms with Crippen LogP contribution in [0.4, 0.5) is 11.4 Å². The van der Waals surface area contributed by atoms with Gasteiger partial charge in [-0.3, -0.25) is 9.69 Å². The third kappa shape index (κ3) is 2.12. The molecule has 100 valence electrons. The molecule has 3 heteroatoms. The summed E-state index contributed by atoms with van der Waals surface area (Å²) in [6.45, 7) is 3.61. The molecule has 0 saturated carbocycles. The van der Waals surface area contributed by atoms with Crippen LogP contribution in [0.1, 0.15) is 11.1 Å². The highest BCUT2D eigenvalue weighted by Gasteiger charge is 2.24. The van der Waals surface area contributed by atoms with Crippen molar-refractivity contribution in [1.82, 2.24) is 0 Å². The SMILES string of the molecule is C=CC(=O)N1c2ccccc2CCc2ccc(Cl)cc21. The lowest BCUT2D eigenvalue weighted by molar-refractivity contribution is -0.113. The maximum absolute atomic E-state index is 12.3. The van der Waals surface area contributed by atoms with E-state index < -0.39 is 0 Å². The Balaban J connectivity index is 2.26. The predicted molar refractivity (Wildman–Crippen MR) is 82.6 cm³/mol. The van der Waals surface area contributed by atoms with Crippen LogP contribution in [0.25, 0.3) is 0 Å². The minimum Gasteiger partial charge on any atom is -0.277 e. The van der Waals surface area contributed by atoms with Gasteiger partial charge in [0, 0.05) is 5.02 Å². The van der Waals surface area contributed by atoms with Crippen molar-refractivity contribution in [3.05, 3.63) is 71.3 Å². The van der Waals surface area contributed by atoms with Crippen LogP contribution in [-0.2, 0) is 17.6 Å². The summed E-state index contributed by atoms with van der Waals surface area (Å²) in [5.41, 5.74) is 4.06. The zero-order valence-corrected chi connectivity index (χ0v) is 11.7. The highest BCUT2D eigenvalue weighted by molar-refractivity contribution is 6.31. The summed E-state index contributed by atoms with van der Waals surface area (Å²) in [5.74, 6) is -0.136. The molecule has 0 atom stereocenters. The van der Waals surface area contributed by atoms with E-state index in [0.717, 1.165) is 35.3 Å². The van der Waals surface area contributed by atoms with Crippen LogP contribution in [0.15, 0.2) is 55.1 Å². The Kier molecular flexibility index (Phi) is 3.33. The molecule has 3 rings (SSSR count). The summed E-state index contributed by atoms with van der Waals surface area (Å²) in [7, 11) is 0. The average Bonchev–Trinajstić information content (AvgIpc) is 2.63. The van der Waals surface area contributed by atoms with Crippen LogP contribution in [0.3, 0.4) is 0 Å². The summed E-state index contributed by atoms with van der Waals surface area (Å²) in [6.07, 6.45) is 3.14. The van der Waals surface area contributed by atoms with Crippen molar-refractivity contribution in [1.29, 1.82) is 0 Å². The molecule has 2 aromatic rings. The van der Waals surface area contributed by atoms with Gasteiger partial charge in [0.25, 0.3) is 5.91 Å². The van der Waals surface area contributed by atoms with Gasteiger partial charge >= 0.3 is 0 Å². The molecular weight excluding hydrogens is 270 g/mol. The second kappa shape index (κ2) is 5.14. The summed E-state index contributed by atoms with van der Waals surface area (Å²) in [6, 6.07) is 13.7. The molecule has 1 amide bonds. The normalized spacial score (nSPS) is 13.2. The molecule has 20 heavy (non-hydrogen) atoms. The number of carbonyl (C=O) groups is 1. The number of rotatable bonds is 1. The van der Waals surface area contributed by atoms with Crippen LogP contribution in [0.5, 0.6) is 0 Å². The molecule has 0 spiro atoms. The van der Waals surface area contributed by atoms with Gasteiger partial charge in [-0.1, -0.05) is 42.4 Å². The van der Waals surface area contributed by atoms with Gasteiger partial charge in [-0.15, -0.1) is 0 Å². The molecule has 0 aromatic heterocycles. The molecule has 0 bridgehead atoms. The van der Waals surface area contributed by atoms with Gasteiger partial charge in [-0.05, 0) is 48.2 Å². The topological polar surface area (TPSA) is 20.3 Å². The molecule has 0 unspecified atom stereocenters. The molecule has 1 aliphatic heterocycles. The van der Waals surface area contributed by atoms with E-state index in [4.69, 9.17) is 11.6 Å². The first-order chi connectivity index (χ1) is 9.70. The molecule has 0 N–H and O–H groups in total. The number of anilines is 2. The van der Waals surface area contributed by atoms with Crippen molar-refractivity contribution in [2.75, 3.05) is 4.90 Å². The standard InChI is InChI=1S/C17H14ClNO/c1-2-17(20)19-15-6-4-3-5-12(15)7-8-13-9-10-14(18)11-16(13)19/h2-6,9-11H,1,7-8H2. The quantitative estimate of drug-likeness (QED) is 0.715. The Morgan fingerprint density at radius 3 is 2.55 bits per heavy atom. The van der Waals surface area contributed by atoms with E-state index in [1.54, 1.807) is 4.90 Å². The number of halogens is 1. The fourth-order valence-corrected chi connectivity index (χ4v) is 2.79. The second-order valence-electron chi connectivity index (χ2n) is 4.78. The molecule has 0 fully saturated rings. The Bertz CT molecular complexity index is 693. The smallest absolute Gasteiger partial charge is 0.254 e. The number of hydrogen-bond acceptors (Lipinski definition) is 1. The number of amides is 1. The molecule has 2 aromatic carbocycles. The van der Waals surface area contributed by atoms with Gasteiger partial charge in [0.2, 0.25) is 0 Å². The zero-order chi connectivity index (χ0) is 14.1. The largest absolute Gasteiger partial charge is 0.277 e. The lowest BCUT2D eigenvalue weighted by Crippen LogP contribution is -2.24. The number of hydrogen-bond donors (Lipinski definition) is 0. The van der Waals surface area contributed by atoms with E-state index in [0.29, 0.717) is 5.02 Å². The van der Waals surface area contributed by atoms with Gasteiger partial charge < -0.3 is 0 Å². The van der Waals surface area contributed by atoms with Crippen LogP contribution < -0.4 is 4.90 Å². The number of fused-ring (bicyclic) bond motifs is 2. The lowest BCUT2D eigenvalue weighted by atomic mass is 10.0. The summed E-state index contributed by atoms with van der Waals surface area (Å²) in [5, 5.41) is 0.630. The maximum atomic E-state index is 12.3. The van der Waals surface area contributed by atoms with Crippen molar-refractivity contribution in [2.45, 2.75) is 12.8 Å². The third-order valence-electron chi connectivity index (χ3n) is 3.58. The average molecular weight is 284 g/mol. The molecule has 1 aliphatic rings. The summed E-state index contributed by atoms with van der Waals surface area (Å²) >= 11 is 6.11. The van der Waals surface area contributed by atoms with E-state index in [1.807, 2.05) is 36.4 Å². The van der Waals surface area contributed by atoms with E-state index in [9.17, 15) is 4.79 Å². The number of carbonyl (C=O) groups excluding carboxylic acids is 1. The first-order valence-electron chi connectivity index (χ1n) is 6.53. The summed E-state index contributed by atoms with van der Waals surface area (Å²) < 4.78 is 0. The Morgan fingerprint density at radius 1 is 1.10 bits per heavy atom. The Hall–Kier alpha value is -2.06. The fourth-order valence-electron chi connectivity index (χ4n) is 2.62. The van der Waals surface area contributed by atoms with E-state index in [1.165, 1.54) is 6.08 Å². The van der Waals surface area contributed by atoms with Crippen molar-refractivity contribution in [3.8, 4) is 0 Å². The molecule has 0 saturated heterocycles. The molecule has 0 aliphatic carbocycles. The number of para-hydroxylation sites is 1. The summed E-state index contributed by atoms with van der Waals surface area (Å²) in [4.78, 5) is 14.0. The van der Waals surface area contributed by atoms with Gasteiger partial charge in [0.1, 0.15) is 0 Å². The van der Waals surface area contributed by atoms with Gasteiger partial charge in [-0.25, -0.2) is 0 Å². The lowest BCUT2D eigenvalue weighted by Gasteiger charge is -2.23. The highest BCUT2D eigenvalue weighted by Crippen LogP contribution is 2.37. The van der Waals surface area contributed by atoms with Gasteiger partial charge in [0.15, 0.2) is 0 Å². The third-order valence-corrected chi connectivity index (χ3v) is 3.81. The number of aryl methyl sites for hydroxylation is 2. The molecule has 1 heterocycles. The monoisotopic (exact) mass is 283 g/mol. The minimum absolute atomic E-state index is 0.136. The van der Waals surface area contributed by atoms with Gasteiger partial charge in [0.05, 0.1) is 11.4 Å².